The first-order valence-corrected chi connectivity index (χ1v) is 7.11. The maximum absolute atomic E-state index is 14.0. The fourth-order valence-corrected chi connectivity index (χ4v) is 2.08. The van der Waals surface area contributed by atoms with E-state index >= 15 is 0 Å². The van der Waals surface area contributed by atoms with Crippen LogP contribution in [-0.4, -0.2) is 21.1 Å². The van der Waals surface area contributed by atoms with Crippen LogP contribution in [-0.2, 0) is 4.79 Å². The van der Waals surface area contributed by atoms with Gasteiger partial charge in [-0.25, -0.2) is 4.39 Å². The largest absolute Gasteiger partial charge is 0.403 e. The van der Waals surface area contributed by atoms with Crippen LogP contribution < -0.4 is 10.6 Å². The highest BCUT2D eigenvalue weighted by Crippen LogP contribution is 2.30. The summed E-state index contributed by atoms with van der Waals surface area (Å²) >= 11 is 0. The fourth-order valence-electron chi connectivity index (χ4n) is 2.08. The summed E-state index contributed by atoms with van der Waals surface area (Å²) in [6, 6.07) is 6.50. The zero-order valence-corrected chi connectivity index (χ0v) is 13.0. The number of nitrogens with zero attached hydrogens (tertiary/aromatic N) is 3. The van der Waals surface area contributed by atoms with Crippen molar-refractivity contribution in [2.45, 2.75) is 13.8 Å². The Kier molecular flexibility index (Phi) is 4.19. The third-order valence-electron chi connectivity index (χ3n) is 3.15. The molecule has 3 aromatic rings. The molecular formula is C16H14FN5O2. The highest BCUT2D eigenvalue weighted by atomic mass is 19.1. The Hall–Kier alpha value is -3.29. The predicted molar refractivity (Wildman–Crippen MR) is 86.3 cm³/mol. The van der Waals surface area contributed by atoms with E-state index in [-0.39, 0.29) is 23.6 Å². The van der Waals surface area contributed by atoms with Gasteiger partial charge in [-0.2, -0.15) is 0 Å². The standard InChI is InChI=1S/C16H14FN5O2/c1-9-3-4-13(12(17)7-9)20-14-8-18-6-5-11(14)15-21-22-16(24-15)19-10(2)23/h3-8,20H,1-2H3,(H,19,22,23). The third-order valence-corrected chi connectivity index (χ3v) is 3.15. The van der Waals surface area contributed by atoms with Crippen molar-refractivity contribution in [3.05, 3.63) is 48.0 Å². The minimum absolute atomic E-state index is 0.0122. The maximum atomic E-state index is 14.0. The number of hydrogen-bond donors (Lipinski definition) is 2. The van der Waals surface area contributed by atoms with Gasteiger partial charge in [-0.3, -0.25) is 15.1 Å². The van der Waals surface area contributed by atoms with Gasteiger partial charge < -0.3 is 9.73 Å². The van der Waals surface area contributed by atoms with Crippen molar-refractivity contribution in [3.63, 3.8) is 0 Å². The molecule has 0 spiro atoms. The van der Waals surface area contributed by atoms with Crippen LogP contribution in [0.1, 0.15) is 12.5 Å². The summed E-state index contributed by atoms with van der Waals surface area (Å²) in [5.41, 5.74) is 2.16. The van der Waals surface area contributed by atoms with Gasteiger partial charge in [0.15, 0.2) is 0 Å². The molecule has 0 aliphatic heterocycles. The normalized spacial score (nSPS) is 10.5. The number of aromatic nitrogens is 3. The molecule has 0 bridgehead atoms. The number of anilines is 3. The average Bonchev–Trinajstić information content (AvgIpc) is 2.98. The lowest BCUT2D eigenvalue weighted by atomic mass is 10.2. The first-order valence-electron chi connectivity index (χ1n) is 7.11. The molecule has 0 unspecified atom stereocenters. The Morgan fingerprint density at radius 1 is 1.21 bits per heavy atom. The third kappa shape index (κ3) is 3.37. The van der Waals surface area contributed by atoms with Gasteiger partial charge in [0.1, 0.15) is 5.82 Å². The van der Waals surface area contributed by atoms with Gasteiger partial charge >= 0.3 is 6.01 Å². The van der Waals surface area contributed by atoms with Crippen LogP contribution in [0.3, 0.4) is 0 Å². The Balaban J connectivity index is 1.93. The molecular weight excluding hydrogens is 313 g/mol. The van der Waals surface area contributed by atoms with Crippen molar-refractivity contribution in [2.24, 2.45) is 0 Å². The Labute approximate surface area is 136 Å². The van der Waals surface area contributed by atoms with Crippen LogP contribution in [0, 0.1) is 12.7 Å². The quantitative estimate of drug-likeness (QED) is 0.764. The second-order valence-corrected chi connectivity index (χ2v) is 5.12. The van der Waals surface area contributed by atoms with Crippen molar-refractivity contribution in [3.8, 4) is 11.5 Å². The monoisotopic (exact) mass is 327 g/mol. The lowest BCUT2D eigenvalue weighted by Gasteiger charge is -2.10. The van der Waals surface area contributed by atoms with Crippen LogP contribution in [0.15, 0.2) is 41.1 Å². The molecule has 8 heteroatoms. The molecule has 0 atom stereocenters. The minimum Gasteiger partial charge on any atom is -0.403 e. The number of benzene rings is 1. The second-order valence-electron chi connectivity index (χ2n) is 5.12. The van der Waals surface area contributed by atoms with Gasteiger partial charge in [0.2, 0.25) is 5.91 Å². The molecule has 24 heavy (non-hydrogen) atoms. The van der Waals surface area contributed by atoms with Crippen molar-refractivity contribution in [1.29, 1.82) is 0 Å². The van der Waals surface area contributed by atoms with E-state index < -0.39 is 0 Å². The lowest BCUT2D eigenvalue weighted by Crippen LogP contribution is -2.05. The molecule has 0 saturated carbocycles. The van der Waals surface area contributed by atoms with Gasteiger partial charge in [-0.1, -0.05) is 11.2 Å². The second kappa shape index (κ2) is 6.45. The van der Waals surface area contributed by atoms with Crippen LogP contribution in [0.2, 0.25) is 0 Å². The molecule has 7 nitrogen and oxygen atoms in total. The van der Waals surface area contributed by atoms with E-state index in [9.17, 15) is 9.18 Å². The Morgan fingerprint density at radius 2 is 2.04 bits per heavy atom. The maximum Gasteiger partial charge on any atom is 0.322 e. The molecule has 1 aromatic carbocycles. The number of carbonyl (C=O) groups excluding carboxylic acids is 1. The van der Waals surface area contributed by atoms with Gasteiger partial charge in [0, 0.05) is 13.1 Å². The lowest BCUT2D eigenvalue weighted by molar-refractivity contribution is -0.114. The Bertz CT molecular complexity index is 894. The summed E-state index contributed by atoms with van der Waals surface area (Å²) in [4.78, 5) is 15.1. The van der Waals surface area contributed by atoms with Crippen molar-refractivity contribution < 1.29 is 13.6 Å². The van der Waals surface area contributed by atoms with Crippen LogP contribution in [0.25, 0.3) is 11.5 Å². The predicted octanol–water partition coefficient (Wildman–Crippen LogP) is 3.28. The molecule has 1 amide bonds. The van der Waals surface area contributed by atoms with Gasteiger partial charge in [-0.15, -0.1) is 5.10 Å². The van der Waals surface area contributed by atoms with Crippen LogP contribution >= 0.6 is 0 Å². The molecule has 2 heterocycles. The first-order chi connectivity index (χ1) is 11.5. The average molecular weight is 327 g/mol. The summed E-state index contributed by atoms with van der Waals surface area (Å²) in [6.07, 6.45) is 3.07. The number of pyridine rings is 1. The highest BCUT2D eigenvalue weighted by Gasteiger charge is 2.14. The number of amides is 1. The van der Waals surface area contributed by atoms with Gasteiger partial charge in [-0.05, 0) is 30.7 Å². The van der Waals surface area contributed by atoms with E-state index in [1.54, 1.807) is 24.4 Å². The zero-order valence-electron chi connectivity index (χ0n) is 13.0. The summed E-state index contributed by atoms with van der Waals surface area (Å²) in [7, 11) is 0. The topological polar surface area (TPSA) is 92.9 Å². The molecule has 0 aliphatic rings. The highest BCUT2D eigenvalue weighted by molar-refractivity contribution is 5.86. The number of aryl methyl sites for hydroxylation is 1. The molecule has 0 radical (unpaired) electrons. The summed E-state index contributed by atoms with van der Waals surface area (Å²) in [5, 5.41) is 13.0. The SMILES string of the molecule is CC(=O)Nc1nnc(-c2ccncc2Nc2ccc(C)cc2F)o1. The summed E-state index contributed by atoms with van der Waals surface area (Å²) < 4.78 is 19.4. The molecule has 0 saturated heterocycles. The van der Waals surface area contributed by atoms with E-state index in [0.29, 0.717) is 16.9 Å². The first kappa shape index (κ1) is 15.6. The van der Waals surface area contributed by atoms with E-state index in [1.807, 2.05) is 6.92 Å². The van der Waals surface area contributed by atoms with Crippen molar-refractivity contribution in [1.82, 2.24) is 15.2 Å². The number of hydrogen-bond acceptors (Lipinski definition) is 6. The number of nitrogens with one attached hydrogen (secondary N) is 2. The molecule has 3 rings (SSSR count). The minimum atomic E-state index is -0.380. The molecule has 122 valence electrons. The molecule has 2 N–H and O–H groups in total. The molecule has 2 aromatic heterocycles. The number of halogens is 1. The molecule has 0 aliphatic carbocycles. The van der Waals surface area contributed by atoms with Crippen LogP contribution in [0.4, 0.5) is 21.8 Å². The van der Waals surface area contributed by atoms with E-state index in [2.05, 4.69) is 25.8 Å². The van der Waals surface area contributed by atoms with E-state index in [4.69, 9.17) is 4.42 Å². The van der Waals surface area contributed by atoms with Crippen LogP contribution in [0.5, 0.6) is 0 Å². The Morgan fingerprint density at radius 3 is 2.79 bits per heavy atom. The van der Waals surface area contributed by atoms with E-state index in [1.165, 1.54) is 19.2 Å². The fraction of sp³-hybridized carbons (Fsp3) is 0.125. The van der Waals surface area contributed by atoms with Crippen molar-refractivity contribution >= 4 is 23.3 Å². The smallest absolute Gasteiger partial charge is 0.322 e. The van der Waals surface area contributed by atoms with Gasteiger partial charge in [0.25, 0.3) is 5.89 Å². The van der Waals surface area contributed by atoms with Crippen molar-refractivity contribution in [2.75, 3.05) is 10.6 Å². The molecule has 0 fully saturated rings. The van der Waals surface area contributed by atoms with E-state index in [0.717, 1.165) is 5.56 Å². The van der Waals surface area contributed by atoms with Gasteiger partial charge in [0.05, 0.1) is 23.1 Å². The number of carbonyl (C=O) groups is 1. The number of rotatable bonds is 4. The zero-order chi connectivity index (χ0) is 17.1. The summed E-state index contributed by atoms with van der Waals surface area (Å²) in [5.74, 6) is -0.523. The summed E-state index contributed by atoms with van der Waals surface area (Å²) in [6.45, 7) is 3.15.